The summed E-state index contributed by atoms with van der Waals surface area (Å²) in [4.78, 5) is 8.49. The minimum atomic E-state index is 0.231. The van der Waals surface area contributed by atoms with Gasteiger partial charge in [0.05, 0.1) is 0 Å². The minimum Gasteiger partial charge on any atom is -0.396 e. The third-order valence-electron chi connectivity index (χ3n) is 3.41. The Bertz CT molecular complexity index is 411. The van der Waals surface area contributed by atoms with E-state index in [-0.39, 0.29) is 6.61 Å². The molecule has 0 saturated heterocycles. The summed E-state index contributed by atoms with van der Waals surface area (Å²) in [7, 11) is 0. The van der Waals surface area contributed by atoms with Crippen LogP contribution in [0.25, 0.3) is 0 Å². The molecule has 2 unspecified atom stereocenters. The number of halogens is 1. The Kier molecular flexibility index (Phi) is 3.84. The Balaban J connectivity index is 2.18. The number of hydrogen-bond acceptors (Lipinski definition) is 4. The second kappa shape index (κ2) is 5.19. The summed E-state index contributed by atoms with van der Waals surface area (Å²) in [6, 6.07) is 0.295. The van der Waals surface area contributed by atoms with Gasteiger partial charge in [0.2, 0.25) is 0 Å². The van der Waals surface area contributed by atoms with Gasteiger partial charge in [-0.2, -0.15) is 0 Å². The smallest absolute Gasteiger partial charge is 0.137 e. The van der Waals surface area contributed by atoms with Crippen LogP contribution in [-0.2, 0) is 0 Å². The molecule has 4 nitrogen and oxygen atoms in total. The van der Waals surface area contributed by atoms with Crippen molar-refractivity contribution in [2.45, 2.75) is 39.2 Å². The molecule has 5 heteroatoms. The number of nitrogens with zero attached hydrogens (tertiary/aromatic N) is 2. The molecule has 2 atom stereocenters. The lowest BCUT2D eigenvalue weighted by Crippen LogP contribution is -2.27. The van der Waals surface area contributed by atoms with Crippen molar-refractivity contribution in [2.75, 3.05) is 11.9 Å². The summed E-state index contributed by atoms with van der Waals surface area (Å²) < 4.78 is 0. The van der Waals surface area contributed by atoms with E-state index in [9.17, 15) is 5.11 Å². The largest absolute Gasteiger partial charge is 0.396 e. The first-order valence-corrected chi connectivity index (χ1v) is 6.37. The zero-order valence-corrected chi connectivity index (χ0v) is 11.0. The van der Waals surface area contributed by atoms with Gasteiger partial charge in [-0.3, -0.25) is 0 Å². The van der Waals surface area contributed by atoms with E-state index >= 15 is 0 Å². The third-order valence-corrected chi connectivity index (χ3v) is 3.78. The van der Waals surface area contributed by atoms with Gasteiger partial charge in [-0.1, -0.05) is 18.0 Å². The maximum atomic E-state index is 9.29. The second-order valence-corrected chi connectivity index (χ2v) is 5.02. The molecule has 1 aromatic rings. The number of aromatic nitrogens is 2. The van der Waals surface area contributed by atoms with Crippen LogP contribution in [0.5, 0.6) is 0 Å². The Morgan fingerprint density at radius 2 is 2.12 bits per heavy atom. The molecule has 1 aliphatic carbocycles. The van der Waals surface area contributed by atoms with Crippen LogP contribution in [-0.4, -0.2) is 27.7 Å². The molecule has 1 heterocycles. The third kappa shape index (κ3) is 2.69. The number of anilines is 1. The number of rotatable bonds is 3. The second-order valence-electron chi connectivity index (χ2n) is 4.66. The molecule has 0 spiro atoms. The van der Waals surface area contributed by atoms with Crippen LogP contribution < -0.4 is 5.32 Å². The first-order chi connectivity index (χ1) is 8.11. The molecule has 94 valence electrons. The van der Waals surface area contributed by atoms with Gasteiger partial charge in [-0.15, -0.1) is 0 Å². The zero-order chi connectivity index (χ0) is 12.4. The van der Waals surface area contributed by atoms with Crippen LogP contribution in [0.4, 0.5) is 5.82 Å². The summed E-state index contributed by atoms with van der Waals surface area (Å²) in [6.45, 7) is 3.97. The molecule has 0 amide bonds. The van der Waals surface area contributed by atoms with Gasteiger partial charge in [0.15, 0.2) is 0 Å². The molecule has 2 rings (SSSR count). The van der Waals surface area contributed by atoms with E-state index in [0.29, 0.717) is 22.9 Å². The number of aliphatic hydroxyl groups excluding tert-OH is 1. The molecule has 0 aromatic carbocycles. The summed E-state index contributed by atoms with van der Waals surface area (Å²) in [5, 5.41) is 13.2. The number of hydrogen-bond donors (Lipinski definition) is 2. The molecular formula is C12H18ClN3O. The van der Waals surface area contributed by atoms with E-state index in [4.69, 9.17) is 11.6 Å². The van der Waals surface area contributed by atoms with Crippen molar-refractivity contribution < 1.29 is 5.11 Å². The monoisotopic (exact) mass is 255 g/mol. The van der Waals surface area contributed by atoms with Gasteiger partial charge in [0.25, 0.3) is 0 Å². The van der Waals surface area contributed by atoms with Crippen LogP contribution in [0, 0.1) is 19.8 Å². The molecule has 2 N–H and O–H groups in total. The lowest BCUT2D eigenvalue weighted by Gasteiger charge is -2.21. The Labute approximate surface area is 106 Å². The van der Waals surface area contributed by atoms with Gasteiger partial charge in [0.1, 0.15) is 16.8 Å². The maximum Gasteiger partial charge on any atom is 0.137 e. The van der Waals surface area contributed by atoms with E-state index in [2.05, 4.69) is 15.3 Å². The fourth-order valence-corrected chi connectivity index (χ4v) is 2.57. The van der Waals surface area contributed by atoms with Crippen molar-refractivity contribution in [3.8, 4) is 0 Å². The molecule has 0 bridgehead atoms. The lowest BCUT2D eigenvalue weighted by molar-refractivity contribution is 0.222. The zero-order valence-electron chi connectivity index (χ0n) is 10.2. The minimum absolute atomic E-state index is 0.231. The normalized spacial score (nSPS) is 24.0. The summed E-state index contributed by atoms with van der Waals surface area (Å²) in [6.07, 6.45) is 3.30. The Morgan fingerprint density at radius 1 is 1.35 bits per heavy atom. The van der Waals surface area contributed by atoms with E-state index < -0.39 is 0 Å². The molecule has 1 aromatic heterocycles. The molecule has 1 aliphatic rings. The predicted molar refractivity (Wildman–Crippen MR) is 68.4 cm³/mol. The van der Waals surface area contributed by atoms with Crippen molar-refractivity contribution in [1.82, 2.24) is 9.97 Å². The van der Waals surface area contributed by atoms with Crippen molar-refractivity contribution in [3.05, 3.63) is 16.5 Å². The van der Waals surface area contributed by atoms with Crippen LogP contribution in [0.1, 0.15) is 30.7 Å². The molecule has 1 fully saturated rings. The lowest BCUT2D eigenvalue weighted by atomic mass is 10.1. The van der Waals surface area contributed by atoms with Crippen LogP contribution in [0.3, 0.4) is 0 Å². The molecule has 0 aliphatic heterocycles. The fraction of sp³-hybridized carbons (Fsp3) is 0.667. The topological polar surface area (TPSA) is 58.0 Å². The Hall–Kier alpha value is -0.870. The van der Waals surface area contributed by atoms with Crippen molar-refractivity contribution in [1.29, 1.82) is 0 Å². The number of aliphatic hydroxyl groups is 1. The number of aryl methyl sites for hydroxylation is 1. The van der Waals surface area contributed by atoms with E-state index in [1.165, 1.54) is 0 Å². The van der Waals surface area contributed by atoms with E-state index in [1.54, 1.807) is 0 Å². The predicted octanol–water partition coefficient (Wildman–Crippen LogP) is 2.32. The van der Waals surface area contributed by atoms with Gasteiger partial charge in [0, 0.05) is 24.1 Å². The summed E-state index contributed by atoms with van der Waals surface area (Å²) in [5.41, 5.74) is 0.876. The van der Waals surface area contributed by atoms with Crippen molar-refractivity contribution in [2.24, 2.45) is 5.92 Å². The van der Waals surface area contributed by atoms with Crippen LogP contribution >= 0.6 is 11.6 Å². The average Bonchev–Trinajstić information content (AvgIpc) is 2.72. The van der Waals surface area contributed by atoms with Crippen LogP contribution in [0.2, 0.25) is 5.15 Å². The van der Waals surface area contributed by atoms with Gasteiger partial charge in [-0.05, 0) is 26.7 Å². The van der Waals surface area contributed by atoms with Crippen molar-refractivity contribution >= 4 is 17.4 Å². The fourth-order valence-electron chi connectivity index (χ4n) is 2.36. The molecular weight excluding hydrogens is 238 g/mol. The van der Waals surface area contributed by atoms with Crippen molar-refractivity contribution in [3.63, 3.8) is 0 Å². The molecule has 17 heavy (non-hydrogen) atoms. The molecule has 0 radical (unpaired) electrons. The highest BCUT2D eigenvalue weighted by Crippen LogP contribution is 2.29. The first kappa shape index (κ1) is 12.6. The van der Waals surface area contributed by atoms with Crippen LogP contribution in [0.15, 0.2) is 0 Å². The highest BCUT2D eigenvalue weighted by molar-refractivity contribution is 6.30. The highest BCUT2D eigenvalue weighted by atomic mass is 35.5. The van der Waals surface area contributed by atoms with E-state index in [1.807, 2.05) is 13.8 Å². The highest BCUT2D eigenvalue weighted by Gasteiger charge is 2.27. The van der Waals surface area contributed by atoms with E-state index in [0.717, 1.165) is 30.6 Å². The summed E-state index contributed by atoms with van der Waals surface area (Å²) >= 11 is 6.03. The maximum absolute atomic E-state index is 9.29. The average molecular weight is 256 g/mol. The van der Waals surface area contributed by atoms with Gasteiger partial charge >= 0.3 is 0 Å². The standard InChI is InChI=1S/C12H18ClN3O/c1-7-11(13)14-8(2)15-12(7)16-10-5-3-4-9(10)6-17/h9-10,17H,3-6H2,1-2H3,(H,14,15,16). The molecule has 1 saturated carbocycles. The summed E-state index contributed by atoms with van der Waals surface area (Å²) in [5.74, 6) is 1.79. The number of nitrogens with one attached hydrogen (secondary N) is 1. The SMILES string of the molecule is Cc1nc(Cl)c(C)c(NC2CCCC2CO)n1. The van der Waals surface area contributed by atoms with Gasteiger partial charge < -0.3 is 10.4 Å². The quantitative estimate of drug-likeness (QED) is 0.814. The Morgan fingerprint density at radius 3 is 2.82 bits per heavy atom. The van der Waals surface area contributed by atoms with Gasteiger partial charge in [-0.25, -0.2) is 9.97 Å². The first-order valence-electron chi connectivity index (χ1n) is 6.00.